The summed E-state index contributed by atoms with van der Waals surface area (Å²) in [5.74, 6) is 1.75. The predicted molar refractivity (Wildman–Crippen MR) is 122 cm³/mol. The molecule has 0 bridgehead atoms. The number of carbonyl (C=O) groups excluding carboxylic acids is 1. The van der Waals surface area contributed by atoms with E-state index in [9.17, 15) is 4.79 Å². The minimum atomic E-state index is -0.114. The molecule has 0 atom stereocenters. The number of hydrogen-bond acceptors (Lipinski definition) is 6. The molecule has 1 aliphatic heterocycles. The van der Waals surface area contributed by atoms with Gasteiger partial charge in [-0.25, -0.2) is 9.97 Å². The first kappa shape index (κ1) is 22.0. The molecule has 1 fully saturated rings. The fourth-order valence-corrected chi connectivity index (χ4v) is 3.93. The van der Waals surface area contributed by atoms with E-state index < -0.39 is 0 Å². The van der Waals surface area contributed by atoms with Gasteiger partial charge in [-0.1, -0.05) is 12.1 Å². The van der Waals surface area contributed by atoms with E-state index in [4.69, 9.17) is 0 Å². The highest BCUT2D eigenvalue weighted by molar-refractivity contribution is 5.92. The molecule has 7 heteroatoms. The maximum absolute atomic E-state index is 12.6. The first-order valence-corrected chi connectivity index (χ1v) is 10.9. The standard InChI is InChI=1S/C23H34N6O/c1-18(2)29(19(3)4)13-12-25-23(30)20-8-7-10-22(26-20)28-16-14-27(15-17-28)21-9-5-6-11-24-21/h5-11,18-19H,12-17H2,1-4H3,(H,25,30). The SMILES string of the molecule is CC(C)N(CCNC(=O)c1cccc(N2CCN(c3ccccn3)CC2)n1)C(C)C. The number of rotatable bonds is 8. The average molecular weight is 411 g/mol. The maximum Gasteiger partial charge on any atom is 0.270 e. The Hall–Kier alpha value is -2.67. The lowest BCUT2D eigenvalue weighted by atomic mass is 10.2. The van der Waals surface area contributed by atoms with Gasteiger partial charge in [-0.2, -0.15) is 0 Å². The molecule has 0 aliphatic carbocycles. The van der Waals surface area contributed by atoms with Crippen molar-refractivity contribution in [2.45, 2.75) is 39.8 Å². The van der Waals surface area contributed by atoms with Crippen molar-refractivity contribution in [1.29, 1.82) is 0 Å². The van der Waals surface area contributed by atoms with Gasteiger partial charge in [-0.3, -0.25) is 9.69 Å². The van der Waals surface area contributed by atoms with Crippen molar-refractivity contribution in [3.8, 4) is 0 Å². The molecule has 0 radical (unpaired) electrons. The van der Waals surface area contributed by atoms with Crippen molar-refractivity contribution < 1.29 is 4.79 Å². The monoisotopic (exact) mass is 410 g/mol. The summed E-state index contributed by atoms with van der Waals surface area (Å²) < 4.78 is 0. The van der Waals surface area contributed by atoms with Crippen LogP contribution in [0.3, 0.4) is 0 Å². The number of aromatic nitrogens is 2. The van der Waals surface area contributed by atoms with Gasteiger partial charge in [0, 0.05) is 57.5 Å². The average Bonchev–Trinajstić information content (AvgIpc) is 2.77. The summed E-state index contributed by atoms with van der Waals surface area (Å²) >= 11 is 0. The van der Waals surface area contributed by atoms with Crippen LogP contribution >= 0.6 is 0 Å². The first-order valence-electron chi connectivity index (χ1n) is 10.9. The second-order valence-corrected chi connectivity index (χ2v) is 8.22. The van der Waals surface area contributed by atoms with Crippen LogP contribution in [0.25, 0.3) is 0 Å². The van der Waals surface area contributed by atoms with Gasteiger partial charge in [0.05, 0.1) is 0 Å². The summed E-state index contributed by atoms with van der Waals surface area (Å²) in [6.07, 6.45) is 1.83. The van der Waals surface area contributed by atoms with Crippen LogP contribution in [0.4, 0.5) is 11.6 Å². The predicted octanol–water partition coefficient (Wildman–Crippen LogP) is 2.65. The van der Waals surface area contributed by atoms with E-state index in [1.54, 1.807) is 6.07 Å². The summed E-state index contributed by atoms with van der Waals surface area (Å²) in [5, 5.41) is 3.02. The number of anilines is 2. The van der Waals surface area contributed by atoms with E-state index in [0.29, 0.717) is 24.3 Å². The Labute approximate surface area is 180 Å². The minimum absolute atomic E-state index is 0.114. The molecule has 1 saturated heterocycles. The first-order chi connectivity index (χ1) is 14.5. The van der Waals surface area contributed by atoms with Gasteiger partial charge in [0.1, 0.15) is 17.3 Å². The summed E-state index contributed by atoms with van der Waals surface area (Å²) in [6.45, 7) is 13.6. The lowest BCUT2D eigenvalue weighted by Crippen LogP contribution is -2.47. The molecule has 3 rings (SSSR count). The summed E-state index contributed by atoms with van der Waals surface area (Å²) in [7, 11) is 0. The van der Waals surface area contributed by atoms with Crippen LogP contribution in [0.2, 0.25) is 0 Å². The van der Waals surface area contributed by atoms with E-state index in [1.807, 2.05) is 36.5 Å². The van der Waals surface area contributed by atoms with Crippen molar-refractivity contribution in [2.75, 3.05) is 49.1 Å². The Kier molecular flexibility index (Phi) is 7.63. The number of nitrogens with zero attached hydrogens (tertiary/aromatic N) is 5. The topological polar surface area (TPSA) is 64.6 Å². The van der Waals surface area contributed by atoms with Crippen LogP contribution in [0, 0.1) is 0 Å². The lowest BCUT2D eigenvalue weighted by molar-refractivity contribution is 0.0934. The molecular formula is C23H34N6O. The zero-order valence-corrected chi connectivity index (χ0v) is 18.6. The Morgan fingerprint density at radius 2 is 1.60 bits per heavy atom. The van der Waals surface area contributed by atoms with Gasteiger partial charge >= 0.3 is 0 Å². The molecule has 1 N–H and O–H groups in total. The molecule has 1 aliphatic rings. The fraction of sp³-hybridized carbons (Fsp3) is 0.522. The zero-order valence-electron chi connectivity index (χ0n) is 18.6. The van der Waals surface area contributed by atoms with E-state index >= 15 is 0 Å². The fourth-order valence-electron chi connectivity index (χ4n) is 3.93. The van der Waals surface area contributed by atoms with Crippen molar-refractivity contribution in [2.24, 2.45) is 0 Å². The van der Waals surface area contributed by atoms with E-state index in [-0.39, 0.29) is 5.91 Å². The number of carbonyl (C=O) groups is 1. The Morgan fingerprint density at radius 3 is 2.20 bits per heavy atom. The largest absolute Gasteiger partial charge is 0.353 e. The number of amides is 1. The summed E-state index contributed by atoms with van der Waals surface area (Å²) in [6, 6.07) is 12.6. The lowest BCUT2D eigenvalue weighted by Gasteiger charge is -2.36. The molecule has 0 spiro atoms. The highest BCUT2D eigenvalue weighted by Crippen LogP contribution is 2.17. The molecule has 0 unspecified atom stereocenters. The van der Waals surface area contributed by atoms with Crippen LogP contribution in [-0.4, -0.2) is 72.1 Å². The molecule has 0 aromatic carbocycles. The van der Waals surface area contributed by atoms with Gasteiger partial charge in [0.25, 0.3) is 5.91 Å². The molecule has 1 amide bonds. The zero-order chi connectivity index (χ0) is 21.5. The Bertz CT molecular complexity index is 794. The van der Waals surface area contributed by atoms with Crippen LogP contribution < -0.4 is 15.1 Å². The quantitative estimate of drug-likeness (QED) is 0.722. The summed E-state index contributed by atoms with van der Waals surface area (Å²) in [4.78, 5) is 28.6. The van der Waals surface area contributed by atoms with Gasteiger partial charge in [0.2, 0.25) is 0 Å². The molecule has 3 heterocycles. The molecule has 0 saturated carbocycles. The van der Waals surface area contributed by atoms with E-state index in [0.717, 1.165) is 44.4 Å². The number of nitrogens with one attached hydrogen (secondary N) is 1. The van der Waals surface area contributed by atoms with E-state index in [2.05, 4.69) is 57.7 Å². The van der Waals surface area contributed by atoms with Crippen LogP contribution in [0.15, 0.2) is 42.6 Å². The number of pyridine rings is 2. The van der Waals surface area contributed by atoms with Crippen LogP contribution in [0.1, 0.15) is 38.2 Å². The van der Waals surface area contributed by atoms with Gasteiger partial charge in [0.15, 0.2) is 0 Å². The third kappa shape index (κ3) is 5.69. The second kappa shape index (κ2) is 10.4. The molecule has 30 heavy (non-hydrogen) atoms. The Balaban J connectivity index is 1.54. The molecule has 162 valence electrons. The van der Waals surface area contributed by atoms with Crippen molar-refractivity contribution in [3.05, 3.63) is 48.3 Å². The maximum atomic E-state index is 12.6. The summed E-state index contributed by atoms with van der Waals surface area (Å²) in [5.41, 5.74) is 0.472. The third-order valence-electron chi connectivity index (χ3n) is 5.53. The van der Waals surface area contributed by atoms with Crippen LogP contribution in [-0.2, 0) is 0 Å². The molecular weight excluding hydrogens is 376 g/mol. The number of piperazine rings is 1. The highest BCUT2D eigenvalue weighted by atomic mass is 16.1. The van der Waals surface area contributed by atoms with Crippen molar-refractivity contribution in [3.63, 3.8) is 0 Å². The molecule has 2 aromatic rings. The minimum Gasteiger partial charge on any atom is -0.353 e. The van der Waals surface area contributed by atoms with Crippen LogP contribution in [0.5, 0.6) is 0 Å². The number of hydrogen-bond donors (Lipinski definition) is 1. The normalized spacial score (nSPS) is 14.6. The second-order valence-electron chi connectivity index (χ2n) is 8.22. The highest BCUT2D eigenvalue weighted by Gasteiger charge is 2.20. The third-order valence-corrected chi connectivity index (χ3v) is 5.53. The van der Waals surface area contributed by atoms with Crippen molar-refractivity contribution >= 4 is 17.5 Å². The smallest absolute Gasteiger partial charge is 0.270 e. The van der Waals surface area contributed by atoms with E-state index in [1.165, 1.54) is 0 Å². The van der Waals surface area contributed by atoms with Gasteiger partial charge in [-0.05, 0) is 52.0 Å². The molecule has 2 aromatic heterocycles. The van der Waals surface area contributed by atoms with Gasteiger partial charge < -0.3 is 15.1 Å². The van der Waals surface area contributed by atoms with Crippen molar-refractivity contribution in [1.82, 2.24) is 20.2 Å². The Morgan fingerprint density at radius 1 is 0.967 bits per heavy atom. The van der Waals surface area contributed by atoms with Gasteiger partial charge in [-0.15, -0.1) is 0 Å². The molecule has 7 nitrogen and oxygen atoms in total.